The molecule has 0 aromatic carbocycles. The number of carbonyl (C=O) groups is 2. The van der Waals surface area contributed by atoms with E-state index in [9.17, 15) is 9.59 Å². The lowest BCUT2D eigenvalue weighted by Gasteiger charge is -2.32. The maximum atomic E-state index is 12.2. The third-order valence-corrected chi connectivity index (χ3v) is 8.35. The first kappa shape index (κ1) is 34.7. The van der Waals surface area contributed by atoms with Crippen LogP contribution >= 0.6 is 0 Å². The van der Waals surface area contributed by atoms with Crippen molar-refractivity contribution < 1.29 is 9.59 Å². The van der Waals surface area contributed by atoms with Gasteiger partial charge >= 0.3 is 0 Å². The highest BCUT2D eigenvalue weighted by Crippen LogP contribution is 2.40. The van der Waals surface area contributed by atoms with Crippen LogP contribution in [0.2, 0.25) is 0 Å². The van der Waals surface area contributed by atoms with E-state index in [4.69, 9.17) is 0 Å². The van der Waals surface area contributed by atoms with Crippen LogP contribution in [0.3, 0.4) is 0 Å². The van der Waals surface area contributed by atoms with Gasteiger partial charge in [-0.25, -0.2) is 0 Å². The van der Waals surface area contributed by atoms with Gasteiger partial charge in [-0.2, -0.15) is 0 Å². The fourth-order valence-corrected chi connectivity index (χ4v) is 5.28. The third-order valence-electron chi connectivity index (χ3n) is 8.35. The van der Waals surface area contributed by atoms with Crippen LogP contribution in [0.15, 0.2) is 130 Å². The highest BCUT2D eigenvalue weighted by molar-refractivity contribution is 5.97. The normalized spacial score (nSPS) is 21.6. The fraction of sp³-hybridized carbons (Fsp3) is 0.400. The molecule has 0 fully saturated rings. The molecule has 0 aliphatic heterocycles. The van der Waals surface area contributed by atoms with E-state index in [1.165, 1.54) is 0 Å². The van der Waals surface area contributed by atoms with E-state index in [1.54, 1.807) is 0 Å². The molecule has 224 valence electrons. The first-order valence-corrected chi connectivity index (χ1v) is 15.2. The molecule has 0 unspecified atom stereocenters. The average Bonchev–Trinajstić information content (AvgIpc) is 2.91. The summed E-state index contributed by atoms with van der Waals surface area (Å²) in [6.07, 6.45) is 32.4. The van der Waals surface area contributed by atoms with Crippen LogP contribution in [0.1, 0.15) is 94.9 Å². The third kappa shape index (κ3) is 10.7. The van der Waals surface area contributed by atoms with Crippen molar-refractivity contribution in [2.24, 2.45) is 10.8 Å². The Kier molecular flexibility index (Phi) is 12.9. The molecule has 42 heavy (non-hydrogen) atoms. The summed E-state index contributed by atoms with van der Waals surface area (Å²) >= 11 is 0. The molecule has 2 rings (SSSR count). The molecular weight excluding hydrogens is 512 g/mol. The molecule has 0 saturated carbocycles. The van der Waals surface area contributed by atoms with Gasteiger partial charge in [0.25, 0.3) is 0 Å². The van der Waals surface area contributed by atoms with E-state index in [-0.39, 0.29) is 22.4 Å². The smallest absolute Gasteiger partial charge is 0.158 e. The summed E-state index contributed by atoms with van der Waals surface area (Å²) in [6.45, 7) is 21.1. The zero-order valence-corrected chi connectivity index (χ0v) is 27.7. The molecule has 0 amide bonds. The number of ketones is 2. The minimum Gasteiger partial charge on any atom is -0.295 e. The van der Waals surface area contributed by atoms with Crippen LogP contribution in [-0.4, -0.2) is 11.6 Å². The second-order valence-electron chi connectivity index (χ2n) is 13.1. The van der Waals surface area contributed by atoms with E-state index >= 15 is 0 Å². The van der Waals surface area contributed by atoms with Crippen molar-refractivity contribution in [1.29, 1.82) is 0 Å². The number of Topliss-reactive ketones (excluding diaryl/α,β-unsaturated/α-hetero) is 2. The number of carbonyl (C=O) groups excluding carboxylic acids is 2. The first-order valence-electron chi connectivity index (χ1n) is 15.2. The summed E-state index contributed by atoms with van der Waals surface area (Å²) in [5, 5.41) is 0. The van der Waals surface area contributed by atoms with Crippen LogP contribution in [0.5, 0.6) is 0 Å². The summed E-state index contributed by atoms with van der Waals surface area (Å²) in [4.78, 5) is 24.3. The minimum atomic E-state index is 0.0404. The van der Waals surface area contributed by atoms with Gasteiger partial charge in [-0.3, -0.25) is 9.59 Å². The van der Waals surface area contributed by atoms with Crippen molar-refractivity contribution >= 4 is 11.6 Å². The maximum Gasteiger partial charge on any atom is 0.158 e. The van der Waals surface area contributed by atoms with Gasteiger partial charge in [0.05, 0.1) is 0 Å². The van der Waals surface area contributed by atoms with Gasteiger partial charge in [0.1, 0.15) is 0 Å². The Balaban J connectivity index is 1.93. The molecule has 0 saturated heterocycles. The Morgan fingerprint density at radius 1 is 0.524 bits per heavy atom. The van der Waals surface area contributed by atoms with Crippen molar-refractivity contribution in [3.63, 3.8) is 0 Å². The molecule has 0 heterocycles. The van der Waals surface area contributed by atoms with Crippen molar-refractivity contribution in [3.05, 3.63) is 130 Å². The molecule has 2 aliphatic rings. The number of hydrogen-bond donors (Lipinski definition) is 0. The maximum absolute atomic E-state index is 12.2. The molecular formula is C40H52O2. The Hall–Kier alpha value is -3.52. The summed E-state index contributed by atoms with van der Waals surface area (Å²) in [5.41, 5.74) is 8.82. The second-order valence-corrected chi connectivity index (χ2v) is 13.1. The lowest BCUT2D eigenvalue weighted by atomic mass is 9.72. The fourth-order valence-electron chi connectivity index (χ4n) is 5.28. The molecule has 0 aromatic rings. The molecule has 0 aromatic heterocycles. The lowest BCUT2D eigenvalue weighted by molar-refractivity contribution is -0.117. The Labute approximate surface area is 256 Å². The highest BCUT2D eigenvalue weighted by atomic mass is 16.1. The van der Waals surface area contributed by atoms with Gasteiger partial charge in [0, 0.05) is 12.8 Å². The van der Waals surface area contributed by atoms with Gasteiger partial charge < -0.3 is 0 Å². The molecule has 2 heteroatoms. The number of hydrogen-bond acceptors (Lipinski definition) is 2. The minimum absolute atomic E-state index is 0.0404. The molecule has 0 radical (unpaired) electrons. The van der Waals surface area contributed by atoms with E-state index in [0.29, 0.717) is 12.8 Å². The SMILES string of the molecule is CC1=C(\C=C/C(C)=C/C=C\C(C)=C\C=C/C=C(C)\C=C/C=C(C)/C=C/C2=C(C)C(=O)CCC2(C)C)C(C)(C)CCC1=O. The van der Waals surface area contributed by atoms with Gasteiger partial charge in [-0.15, -0.1) is 0 Å². The van der Waals surface area contributed by atoms with Crippen molar-refractivity contribution in [1.82, 2.24) is 0 Å². The zero-order valence-electron chi connectivity index (χ0n) is 27.7. The predicted molar refractivity (Wildman–Crippen MR) is 182 cm³/mol. The molecule has 0 N–H and O–H groups in total. The number of rotatable bonds is 10. The molecule has 0 atom stereocenters. The van der Waals surface area contributed by atoms with Gasteiger partial charge in [0.15, 0.2) is 11.6 Å². The summed E-state index contributed by atoms with van der Waals surface area (Å²) in [5.74, 6) is 0.542. The molecule has 2 nitrogen and oxygen atoms in total. The van der Waals surface area contributed by atoms with Crippen molar-refractivity contribution in [3.8, 4) is 0 Å². The molecule has 0 spiro atoms. The van der Waals surface area contributed by atoms with Crippen LogP contribution in [0.4, 0.5) is 0 Å². The molecule has 2 aliphatic carbocycles. The quantitative estimate of drug-likeness (QED) is 0.247. The highest BCUT2D eigenvalue weighted by Gasteiger charge is 2.31. The Morgan fingerprint density at radius 2 is 0.833 bits per heavy atom. The largest absolute Gasteiger partial charge is 0.295 e. The topological polar surface area (TPSA) is 34.1 Å². The van der Waals surface area contributed by atoms with Crippen LogP contribution in [0, 0.1) is 10.8 Å². The monoisotopic (exact) mass is 564 g/mol. The zero-order chi connectivity index (χ0) is 31.5. The van der Waals surface area contributed by atoms with Crippen LogP contribution in [-0.2, 0) is 9.59 Å². The average molecular weight is 565 g/mol. The van der Waals surface area contributed by atoms with E-state index in [2.05, 4.69) is 140 Å². The van der Waals surface area contributed by atoms with Crippen LogP contribution < -0.4 is 0 Å². The van der Waals surface area contributed by atoms with Gasteiger partial charge in [-0.05, 0) is 87.5 Å². The van der Waals surface area contributed by atoms with Crippen molar-refractivity contribution in [2.45, 2.75) is 94.9 Å². The van der Waals surface area contributed by atoms with E-state index in [1.807, 2.05) is 13.8 Å². The Bertz CT molecular complexity index is 1270. The Morgan fingerprint density at radius 3 is 1.19 bits per heavy atom. The standard InChI is InChI=1S/C40H52O2/c1-29(17-13-19-31(3)21-23-35-33(5)37(41)25-27-39(35,7)8)15-11-12-16-30(2)18-14-20-32(4)22-24-36-34(6)38(42)26-28-40(36,9)10/h11-24H,25-28H2,1-10H3/b12-11-,17-13-,18-14-,23-21-,24-22+,29-15+,30-16-,31-19+,32-20+. The molecule has 0 bridgehead atoms. The summed E-state index contributed by atoms with van der Waals surface area (Å²) < 4.78 is 0. The van der Waals surface area contributed by atoms with E-state index < -0.39 is 0 Å². The predicted octanol–water partition coefficient (Wildman–Crippen LogP) is 11.0. The summed E-state index contributed by atoms with van der Waals surface area (Å²) in [7, 11) is 0. The lowest BCUT2D eigenvalue weighted by Crippen LogP contribution is -2.24. The van der Waals surface area contributed by atoms with Crippen molar-refractivity contribution in [2.75, 3.05) is 0 Å². The number of allylic oxidation sites excluding steroid dienone is 22. The first-order chi connectivity index (χ1) is 19.6. The van der Waals surface area contributed by atoms with Gasteiger partial charge in [0.2, 0.25) is 0 Å². The summed E-state index contributed by atoms with van der Waals surface area (Å²) in [6, 6.07) is 0. The second kappa shape index (κ2) is 15.6. The van der Waals surface area contributed by atoms with E-state index in [0.717, 1.165) is 57.4 Å². The van der Waals surface area contributed by atoms with Gasteiger partial charge in [-0.1, -0.05) is 135 Å². The van der Waals surface area contributed by atoms with Crippen LogP contribution in [0.25, 0.3) is 0 Å².